The van der Waals surface area contributed by atoms with Gasteiger partial charge in [-0.15, -0.1) is 0 Å². The Morgan fingerprint density at radius 3 is 2.64 bits per heavy atom. The van der Waals surface area contributed by atoms with Crippen molar-refractivity contribution < 1.29 is 4.92 Å². The fraction of sp³-hybridized carbons (Fsp3) is 0.143. The summed E-state index contributed by atoms with van der Waals surface area (Å²) in [7, 11) is 0. The fourth-order valence-electron chi connectivity index (χ4n) is 0.916. The molecule has 0 saturated heterocycles. The molecule has 0 aliphatic rings. The molecule has 0 aliphatic heterocycles. The molecule has 1 aromatic carbocycles. The summed E-state index contributed by atoms with van der Waals surface area (Å²) in [4.78, 5) is 10.1. The van der Waals surface area contributed by atoms with Gasteiger partial charge in [-0.1, -0.05) is 0 Å². The molecule has 0 fully saturated rings. The average Bonchev–Trinajstić information content (AvgIpc) is 1.94. The number of nitro groups is 1. The van der Waals surface area contributed by atoms with E-state index in [0.29, 0.717) is 0 Å². The molecular formula is C7H6NNaO2. The van der Waals surface area contributed by atoms with Gasteiger partial charge in [0.15, 0.2) is 0 Å². The number of aryl methyl sites for hydroxylation is 1. The molecule has 0 aliphatic carbocycles. The normalized spacial score (nSPS) is 9.73. The number of nitro benzene ring substituents is 1. The quantitative estimate of drug-likeness (QED) is 0.344. The van der Waals surface area contributed by atoms with Crippen molar-refractivity contribution in [2.45, 2.75) is 6.92 Å². The zero-order valence-electron chi connectivity index (χ0n) is 6.50. The molecule has 0 bridgehead atoms. The molecule has 1 aromatic rings. The molecule has 0 aromatic heterocycles. The second-order valence-corrected chi connectivity index (χ2v) is 3.70. The van der Waals surface area contributed by atoms with Gasteiger partial charge in [-0.25, -0.2) is 0 Å². The van der Waals surface area contributed by atoms with Crippen LogP contribution in [0.1, 0.15) is 5.56 Å². The van der Waals surface area contributed by atoms with E-state index in [2.05, 4.69) is 0 Å². The van der Waals surface area contributed by atoms with Gasteiger partial charge in [0.1, 0.15) is 0 Å². The summed E-state index contributed by atoms with van der Waals surface area (Å²) in [6.07, 6.45) is 0. The van der Waals surface area contributed by atoms with Crippen LogP contribution in [0.25, 0.3) is 0 Å². The fourth-order valence-corrected chi connectivity index (χ4v) is 1.36. The Balaban J connectivity index is 3.23. The predicted octanol–water partition coefficient (Wildman–Crippen LogP) is 0.697. The van der Waals surface area contributed by atoms with Crippen LogP contribution in [0.5, 0.6) is 0 Å². The number of rotatable bonds is 1. The van der Waals surface area contributed by atoms with Crippen LogP contribution in [-0.2, 0) is 0 Å². The van der Waals surface area contributed by atoms with Crippen molar-refractivity contribution in [1.29, 1.82) is 0 Å². The van der Waals surface area contributed by atoms with E-state index in [1.807, 2.05) is 6.07 Å². The van der Waals surface area contributed by atoms with E-state index in [1.165, 1.54) is 0 Å². The Bertz CT molecular complexity index is 298. The van der Waals surface area contributed by atoms with Crippen molar-refractivity contribution in [3.63, 3.8) is 0 Å². The van der Waals surface area contributed by atoms with Crippen LogP contribution in [-0.4, -0.2) is 32.9 Å². The molecule has 0 heterocycles. The molecule has 0 amide bonds. The molecule has 0 spiro atoms. The van der Waals surface area contributed by atoms with Gasteiger partial charge in [0.25, 0.3) is 0 Å². The SMILES string of the molecule is Cc1cc[c]([Na])cc1[N+](=O)[O-]. The summed E-state index contributed by atoms with van der Waals surface area (Å²) in [5.74, 6) is 0. The predicted molar refractivity (Wildman–Crippen MR) is 43.2 cm³/mol. The van der Waals surface area contributed by atoms with Crippen LogP contribution < -0.4 is 2.81 Å². The zero-order valence-corrected chi connectivity index (χ0v) is 8.50. The van der Waals surface area contributed by atoms with Crippen LogP contribution in [0.15, 0.2) is 18.2 Å². The van der Waals surface area contributed by atoms with Crippen molar-refractivity contribution in [3.8, 4) is 0 Å². The number of hydrogen-bond donors (Lipinski definition) is 0. The third-order valence-corrected chi connectivity index (χ3v) is 2.18. The molecule has 0 unspecified atom stereocenters. The van der Waals surface area contributed by atoms with Crippen LogP contribution in [0.2, 0.25) is 0 Å². The van der Waals surface area contributed by atoms with Gasteiger partial charge in [-0.3, -0.25) is 0 Å². The Hall–Kier alpha value is -0.380. The van der Waals surface area contributed by atoms with E-state index >= 15 is 0 Å². The molecule has 0 radical (unpaired) electrons. The first kappa shape index (κ1) is 8.71. The Morgan fingerprint density at radius 2 is 2.18 bits per heavy atom. The zero-order chi connectivity index (χ0) is 8.43. The van der Waals surface area contributed by atoms with Crippen molar-refractivity contribution in [3.05, 3.63) is 33.9 Å². The monoisotopic (exact) mass is 159 g/mol. The number of nitrogens with zero attached hydrogens (tertiary/aromatic N) is 1. The number of benzene rings is 1. The van der Waals surface area contributed by atoms with E-state index in [1.54, 1.807) is 19.1 Å². The Morgan fingerprint density at radius 1 is 1.55 bits per heavy atom. The number of hydrogen-bond acceptors (Lipinski definition) is 2. The third-order valence-electron chi connectivity index (χ3n) is 1.56. The van der Waals surface area contributed by atoms with Gasteiger partial charge in [0.05, 0.1) is 0 Å². The third kappa shape index (κ3) is 2.02. The van der Waals surface area contributed by atoms with Gasteiger partial charge >= 0.3 is 82.2 Å². The molecule has 1 rings (SSSR count). The first-order valence-electron chi connectivity index (χ1n) is 3.33. The van der Waals surface area contributed by atoms with E-state index in [-0.39, 0.29) is 10.6 Å². The van der Waals surface area contributed by atoms with Gasteiger partial charge in [0.2, 0.25) is 0 Å². The van der Waals surface area contributed by atoms with Crippen LogP contribution in [0.4, 0.5) is 5.69 Å². The summed E-state index contributed by atoms with van der Waals surface area (Å²) >= 11 is 0.862. The summed E-state index contributed by atoms with van der Waals surface area (Å²) < 4.78 is 1.06. The van der Waals surface area contributed by atoms with Crippen molar-refractivity contribution in [2.24, 2.45) is 0 Å². The standard InChI is InChI=1S/C7H6NO2.Na/c1-6-4-2-3-5-7(6)8(9)10;/h2,4-5H,1H3;. The Kier molecular flexibility index (Phi) is 2.65. The van der Waals surface area contributed by atoms with E-state index in [9.17, 15) is 10.1 Å². The van der Waals surface area contributed by atoms with Crippen molar-refractivity contribution in [1.82, 2.24) is 0 Å². The second-order valence-electron chi connectivity index (χ2n) is 2.55. The summed E-state index contributed by atoms with van der Waals surface area (Å²) in [6, 6.07) is 5.36. The first-order chi connectivity index (χ1) is 5.11. The molecule has 3 nitrogen and oxygen atoms in total. The summed E-state index contributed by atoms with van der Waals surface area (Å²) in [5, 5.41) is 10.4. The molecule has 11 heavy (non-hydrogen) atoms. The molecule has 52 valence electrons. The van der Waals surface area contributed by atoms with E-state index < -0.39 is 0 Å². The molecule has 0 saturated carbocycles. The maximum absolute atomic E-state index is 10.4. The van der Waals surface area contributed by atoms with Gasteiger partial charge in [-0.05, 0) is 0 Å². The van der Waals surface area contributed by atoms with Crippen LogP contribution in [0, 0.1) is 17.0 Å². The van der Waals surface area contributed by atoms with E-state index in [0.717, 1.165) is 36.3 Å². The van der Waals surface area contributed by atoms with Crippen molar-refractivity contribution in [2.75, 3.05) is 0 Å². The van der Waals surface area contributed by atoms with Gasteiger partial charge < -0.3 is 0 Å². The summed E-state index contributed by atoms with van der Waals surface area (Å²) in [6.45, 7) is 1.75. The van der Waals surface area contributed by atoms with Gasteiger partial charge in [-0.2, -0.15) is 0 Å². The molecule has 4 heteroatoms. The van der Waals surface area contributed by atoms with Crippen LogP contribution >= 0.6 is 0 Å². The minimum absolute atomic E-state index is 0.234. The second kappa shape index (κ2) is 3.34. The minimum atomic E-state index is -0.337. The maximum atomic E-state index is 10.4. The van der Waals surface area contributed by atoms with Gasteiger partial charge in [0, 0.05) is 0 Å². The van der Waals surface area contributed by atoms with Crippen LogP contribution in [0.3, 0.4) is 0 Å². The molecule has 0 atom stereocenters. The molecule has 0 N–H and O–H groups in total. The Labute approximate surface area is 82.0 Å². The molecular weight excluding hydrogens is 153 g/mol. The first-order valence-corrected chi connectivity index (χ1v) is 4.33. The van der Waals surface area contributed by atoms with E-state index in [4.69, 9.17) is 0 Å². The topological polar surface area (TPSA) is 43.1 Å². The van der Waals surface area contributed by atoms with Crippen molar-refractivity contribution >= 4 is 36.4 Å². The summed E-state index contributed by atoms with van der Waals surface area (Å²) in [5.41, 5.74) is 0.965. The average molecular weight is 159 g/mol.